The second-order valence-electron chi connectivity index (χ2n) is 17.1. The van der Waals surface area contributed by atoms with Gasteiger partial charge >= 0.3 is 0 Å². The molecule has 9 aromatic carbocycles. The zero-order chi connectivity index (χ0) is 42.1. The van der Waals surface area contributed by atoms with Crippen LogP contribution in [0, 0.1) is 0 Å². The maximum absolute atomic E-state index is 6.78. The van der Waals surface area contributed by atoms with E-state index in [2.05, 4.69) is 208 Å². The van der Waals surface area contributed by atoms with Crippen LogP contribution < -0.4 is 4.74 Å². The number of aromatic nitrogens is 3. The second kappa shape index (κ2) is 14.3. The van der Waals surface area contributed by atoms with Crippen LogP contribution in [-0.4, -0.2) is 15.0 Å². The Balaban J connectivity index is 0.994. The Morgan fingerprint density at radius 3 is 1.41 bits per heavy atom. The first-order valence-electron chi connectivity index (χ1n) is 21.6. The van der Waals surface area contributed by atoms with Crippen molar-refractivity contribution in [2.24, 2.45) is 0 Å². The van der Waals surface area contributed by atoms with Crippen LogP contribution in [0.15, 0.2) is 212 Å². The first-order valence-corrected chi connectivity index (χ1v) is 21.6. The lowest BCUT2D eigenvalue weighted by Gasteiger charge is -2.50. The van der Waals surface area contributed by atoms with E-state index < -0.39 is 5.41 Å². The average Bonchev–Trinajstić information content (AvgIpc) is 3.35. The predicted molar refractivity (Wildman–Crippen MR) is 255 cm³/mol. The number of nitrogens with zero attached hydrogens (tertiary/aromatic N) is 3. The highest BCUT2D eigenvalue weighted by atomic mass is 16.5. The normalized spacial score (nSPS) is 13.9. The summed E-state index contributed by atoms with van der Waals surface area (Å²) in [4.78, 5) is 15.4. The number of ether oxygens (including phenoxy) is 1. The molecule has 1 spiro atoms. The van der Waals surface area contributed by atoms with Crippen LogP contribution in [0.1, 0.15) is 47.2 Å². The van der Waals surface area contributed by atoms with Crippen LogP contribution >= 0.6 is 0 Å². The van der Waals surface area contributed by atoms with E-state index in [-0.39, 0.29) is 5.41 Å². The molecule has 10 aromatic rings. The molecule has 2 aliphatic rings. The predicted octanol–water partition coefficient (Wildman–Crippen LogP) is 14.5. The summed E-state index contributed by atoms with van der Waals surface area (Å²) >= 11 is 0. The quantitative estimate of drug-likeness (QED) is 0.174. The van der Waals surface area contributed by atoms with Crippen molar-refractivity contribution in [3.63, 3.8) is 0 Å². The van der Waals surface area contributed by atoms with Crippen LogP contribution in [0.25, 0.3) is 67.2 Å². The second-order valence-corrected chi connectivity index (χ2v) is 17.1. The molecular weight excluding hydrogens is 767 g/mol. The Bertz CT molecular complexity index is 3340. The van der Waals surface area contributed by atoms with Gasteiger partial charge in [-0.05, 0) is 79.5 Å². The summed E-state index contributed by atoms with van der Waals surface area (Å²) in [5.41, 5.74) is 14.1. The van der Waals surface area contributed by atoms with E-state index in [1.54, 1.807) is 0 Å². The lowest BCUT2D eigenvalue weighted by Crippen LogP contribution is -2.43. The van der Waals surface area contributed by atoms with Crippen LogP contribution in [0.2, 0.25) is 0 Å². The SMILES string of the molecule is CC1(C)c2ccccc2C2(c3ccccc3Oc3ccc(-c4ccc(-c5nc(-c6ccccc6)nc(-c6ccc(-c7ccccc7)c7ccccc67)n5)cc4)cc32)c2ccccc21. The maximum Gasteiger partial charge on any atom is 0.164 e. The van der Waals surface area contributed by atoms with E-state index in [4.69, 9.17) is 19.7 Å². The fraction of sp³-hybridized carbons (Fsp3) is 0.0678. The molecule has 1 aromatic heterocycles. The van der Waals surface area contributed by atoms with Crippen LogP contribution in [0.3, 0.4) is 0 Å². The van der Waals surface area contributed by atoms with Gasteiger partial charge in [-0.2, -0.15) is 0 Å². The minimum absolute atomic E-state index is 0.187. The molecule has 0 unspecified atom stereocenters. The van der Waals surface area contributed by atoms with Gasteiger partial charge in [-0.15, -0.1) is 0 Å². The van der Waals surface area contributed by atoms with Crippen LogP contribution in [0.4, 0.5) is 0 Å². The van der Waals surface area contributed by atoms with E-state index in [1.165, 1.54) is 33.4 Å². The van der Waals surface area contributed by atoms with Gasteiger partial charge in [-0.1, -0.05) is 202 Å². The first kappa shape index (κ1) is 36.9. The van der Waals surface area contributed by atoms with E-state index in [1.807, 2.05) is 18.2 Å². The van der Waals surface area contributed by atoms with Gasteiger partial charge in [0.25, 0.3) is 0 Å². The lowest BCUT2D eigenvalue weighted by atomic mass is 9.53. The number of hydrogen-bond donors (Lipinski definition) is 0. The zero-order valence-electron chi connectivity index (χ0n) is 35.0. The smallest absolute Gasteiger partial charge is 0.164 e. The summed E-state index contributed by atoms with van der Waals surface area (Å²) in [7, 11) is 0. The van der Waals surface area contributed by atoms with Gasteiger partial charge in [0.05, 0.1) is 5.41 Å². The molecular formula is C59H41N3O. The third-order valence-corrected chi connectivity index (χ3v) is 13.3. The van der Waals surface area contributed by atoms with Crippen molar-refractivity contribution in [1.82, 2.24) is 15.0 Å². The number of fused-ring (bicyclic) bond motifs is 9. The average molecular weight is 808 g/mol. The fourth-order valence-corrected chi connectivity index (χ4v) is 10.3. The van der Waals surface area contributed by atoms with E-state index >= 15 is 0 Å². The molecule has 0 radical (unpaired) electrons. The molecule has 4 heteroatoms. The first-order chi connectivity index (χ1) is 31.0. The monoisotopic (exact) mass is 807 g/mol. The van der Waals surface area contributed by atoms with E-state index in [9.17, 15) is 0 Å². The van der Waals surface area contributed by atoms with Crippen LogP contribution in [0.5, 0.6) is 11.5 Å². The Morgan fingerprint density at radius 1 is 0.317 bits per heavy atom. The lowest BCUT2D eigenvalue weighted by molar-refractivity contribution is 0.425. The number of benzene rings is 9. The summed E-state index contributed by atoms with van der Waals surface area (Å²) in [6.45, 7) is 4.70. The van der Waals surface area contributed by atoms with Crippen molar-refractivity contribution >= 4 is 10.8 Å². The summed E-state index contributed by atoms with van der Waals surface area (Å²) in [6, 6.07) is 75.4. The Hall–Kier alpha value is -7.95. The van der Waals surface area contributed by atoms with E-state index in [0.717, 1.165) is 61.2 Å². The molecule has 0 atom stereocenters. The molecule has 2 heterocycles. The van der Waals surface area contributed by atoms with E-state index in [0.29, 0.717) is 17.5 Å². The molecule has 4 nitrogen and oxygen atoms in total. The molecule has 1 aliphatic carbocycles. The zero-order valence-corrected chi connectivity index (χ0v) is 35.0. The molecule has 0 saturated carbocycles. The molecule has 0 bridgehead atoms. The molecule has 12 rings (SSSR count). The standard InChI is InChI=1S/C59H41N3O/c1-58(2)47-23-11-13-25-49(47)59(50-26-14-12-24-48(50)58)51-27-15-16-28-53(51)63-54-36-33-42(37-52(54)59)38-29-31-41(32-30-38)56-60-55(40-19-7-4-8-20-40)61-57(62-56)46-35-34-43(39-17-5-3-6-18-39)44-21-9-10-22-45(44)46/h3-37H,1-2H3. The molecule has 0 saturated heterocycles. The number of para-hydroxylation sites is 1. The minimum Gasteiger partial charge on any atom is -0.457 e. The van der Waals surface area contributed by atoms with Gasteiger partial charge in [0.15, 0.2) is 17.5 Å². The third kappa shape index (κ3) is 5.72. The highest BCUT2D eigenvalue weighted by Gasteiger charge is 2.52. The van der Waals surface area contributed by atoms with Crippen molar-refractivity contribution < 1.29 is 4.74 Å². The number of rotatable bonds is 5. The minimum atomic E-state index is -0.582. The van der Waals surface area contributed by atoms with Gasteiger partial charge in [0.2, 0.25) is 0 Å². The summed E-state index contributed by atoms with van der Waals surface area (Å²) in [6.07, 6.45) is 0. The molecule has 0 amide bonds. The summed E-state index contributed by atoms with van der Waals surface area (Å²) in [5, 5.41) is 2.24. The summed E-state index contributed by atoms with van der Waals surface area (Å²) in [5.74, 6) is 3.64. The molecule has 298 valence electrons. The van der Waals surface area contributed by atoms with Crippen molar-refractivity contribution in [3.8, 4) is 67.9 Å². The van der Waals surface area contributed by atoms with Crippen molar-refractivity contribution in [2.45, 2.75) is 24.7 Å². The fourth-order valence-electron chi connectivity index (χ4n) is 10.3. The maximum atomic E-state index is 6.78. The molecule has 1 aliphatic heterocycles. The summed E-state index contributed by atoms with van der Waals surface area (Å²) < 4.78 is 6.78. The Kier molecular flexibility index (Phi) is 8.38. The highest BCUT2D eigenvalue weighted by molar-refractivity contribution is 6.04. The molecule has 0 fully saturated rings. The van der Waals surface area contributed by atoms with Gasteiger partial charge in [0, 0.05) is 33.2 Å². The Labute approximate surface area is 367 Å². The largest absolute Gasteiger partial charge is 0.457 e. The van der Waals surface area contributed by atoms with Crippen molar-refractivity contribution in [1.29, 1.82) is 0 Å². The van der Waals surface area contributed by atoms with Gasteiger partial charge in [0.1, 0.15) is 11.5 Å². The van der Waals surface area contributed by atoms with Gasteiger partial charge in [-0.25, -0.2) is 15.0 Å². The Morgan fingerprint density at radius 2 is 0.762 bits per heavy atom. The molecule has 0 N–H and O–H groups in total. The van der Waals surface area contributed by atoms with Gasteiger partial charge in [-0.3, -0.25) is 0 Å². The topological polar surface area (TPSA) is 47.9 Å². The highest BCUT2D eigenvalue weighted by Crippen LogP contribution is 2.61. The van der Waals surface area contributed by atoms with Crippen molar-refractivity contribution in [2.75, 3.05) is 0 Å². The van der Waals surface area contributed by atoms with Gasteiger partial charge < -0.3 is 4.74 Å². The third-order valence-electron chi connectivity index (χ3n) is 13.3. The van der Waals surface area contributed by atoms with Crippen LogP contribution in [-0.2, 0) is 10.8 Å². The number of hydrogen-bond acceptors (Lipinski definition) is 4. The van der Waals surface area contributed by atoms with Crippen molar-refractivity contribution in [3.05, 3.63) is 246 Å². The molecule has 63 heavy (non-hydrogen) atoms.